The van der Waals surface area contributed by atoms with Crippen molar-refractivity contribution in [1.82, 2.24) is 4.90 Å². The van der Waals surface area contributed by atoms with Crippen LogP contribution in [0.4, 0.5) is 13.2 Å². The number of sulfone groups is 1. The molecular weight excluding hydrogens is 533 g/mol. The summed E-state index contributed by atoms with van der Waals surface area (Å²) in [5.41, 5.74) is 0.678. The first kappa shape index (κ1) is 32.2. The fourth-order valence-corrected chi connectivity index (χ4v) is 4.97. The second kappa shape index (κ2) is 13.9. The van der Waals surface area contributed by atoms with E-state index >= 15 is 0 Å². The third-order valence-electron chi connectivity index (χ3n) is 6.22. The number of nitrogens with one attached hydrogen (secondary N) is 1. The fourth-order valence-electron chi connectivity index (χ4n) is 4.03. The topological polar surface area (TPSA) is 108 Å². The largest absolute Gasteiger partial charge is 0.464 e. The highest BCUT2D eigenvalue weighted by Gasteiger charge is 2.33. The third-order valence-corrected chi connectivity index (χ3v) is 7.40. The molecule has 0 amide bonds. The number of esters is 1. The zero-order chi connectivity index (χ0) is 29.4. The minimum atomic E-state index is -4.83. The first-order chi connectivity index (χ1) is 18.2. The summed E-state index contributed by atoms with van der Waals surface area (Å²) in [4.78, 5) is 14.0. The molecule has 0 aromatic heterocycles. The lowest BCUT2D eigenvalue weighted by atomic mass is 9.85. The maximum atomic E-state index is 13.3. The zero-order valence-electron chi connectivity index (χ0n) is 22.5. The Kier molecular flexibility index (Phi) is 11.4. The number of benzene rings is 2. The van der Waals surface area contributed by atoms with E-state index in [-0.39, 0.29) is 35.5 Å². The minimum absolute atomic E-state index is 0.00528. The van der Waals surface area contributed by atoms with Gasteiger partial charge in [-0.05, 0) is 72.8 Å². The minimum Gasteiger partial charge on any atom is -0.464 e. The molecule has 0 radical (unpaired) electrons. The van der Waals surface area contributed by atoms with Crippen molar-refractivity contribution in [2.24, 2.45) is 5.92 Å². The van der Waals surface area contributed by atoms with Gasteiger partial charge in [-0.2, -0.15) is 13.2 Å². The van der Waals surface area contributed by atoms with Crippen LogP contribution < -0.4 is 0 Å². The summed E-state index contributed by atoms with van der Waals surface area (Å²) in [6.45, 7) is 2.13. The number of rotatable bonds is 13. The first-order valence-electron chi connectivity index (χ1n) is 12.4. The summed E-state index contributed by atoms with van der Waals surface area (Å²) in [6.07, 6.45) is -2.28. The average molecular weight is 569 g/mol. The van der Waals surface area contributed by atoms with Gasteiger partial charge in [0, 0.05) is 19.2 Å². The Hall–Kier alpha value is -3.02. The number of carbonyl (C=O) groups excluding carboxylic acids is 1. The average Bonchev–Trinajstić information content (AvgIpc) is 2.86. The molecule has 0 saturated carbocycles. The number of aliphatic hydroxyl groups is 1. The van der Waals surface area contributed by atoms with Crippen molar-refractivity contribution in [3.8, 4) is 11.1 Å². The zero-order valence-corrected chi connectivity index (χ0v) is 23.3. The highest BCUT2D eigenvalue weighted by molar-refractivity contribution is 7.90. The summed E-state index contributed by atoms with van der Waals surface area (Å²) >= 11 is 0. The van der Waals surface area contributed by atoms with Crippen LogP contribution in [0.25, 0.3) is 16.7 Å². The van der Waals surface area contributed by atoms with Gasteiger partial charge < -0.3 is 14.7 Å². The lowest BCUT2D eigenvalue weighted by Crippen LogP contribution is -2.21. The lowest BCUT2D eigenvalue weighted by molar-refractivity contribution is -0.144. The van der Waals surface area contributed by atoms with E-state index in [1.807, 2.05) is 19.0 Å². The van der Waals surface area contributed by atoms with Crippen molar-refractivity contribution in [2.75, 3.05) is 33.5 Å². The SMILES string of the molecule is CCC(CCC(=O)OCCN(C)C)C(=CC(=N)C(F)(F)F)c1ccc(-c2ccc(CO)c(S(C)(=O)=O)c2)cc1. The maximum absolute atomic E-state index is 13.3. The first-order valence-corrected chi connectivity index (χ1v) is 14.3. The van der Waals surface area contributed by atoms with Gasteiger partial charge in [0.2, 0.25) is 0 Å². The van der Waals surface area contributed by atoms with Crippen LogP contribution in [0.15, 0.2) is 53.4 Å². The molecular formula is C28H35F3N2O5S. The molecule has 0 aliphatic carbocycles. The quantitative estimate of drug-likeness (QED) is 0.256. The summed E-state index contributed by atoms with van der Waals surface area (Å²) in [5, 5.41) is 17.0. The van der Waals surface area contributed by atoms with Crippen molar-refractivity contribution < 1.29 is 36.2 Å². The number of likely N-dealkylation sites (N-methyl/N-ethyl adjacent to an activating group) is 1. The van der Waals surface area contributed by atoms with Crippen molar-refractivity contribution in [1.29, 1.82) is 5.41 Å². The van der Waals surface area contributed by atoms with E-state index in [2.05, 4.69) is 0 Å². The number of halogens is 3. The van der Waals surface area contributed by atoms with Gasteiger partial charge in [0.05, 0.1) is 11.5 Å². The third kappa shape index (κ3) is 9.59. The molecule has 0 fully saturated rings. The Morgan fingerprint density at radius 1 is 1.13 bits per heavy atom. The number of aliphatic hydroxyl groups excluding tert-OH is 1. The molecule has 2 aromatic rings. The van der Waals surface area contributed by atoms with E-state index in [0.29, 0.717) is 29.7 Å². The summed E-state index contributed by atoms with van der Waals surface area (Å²) < 4.78 is 69.4. The molecule has 2 rings (SSSR count). The molecule has 2 aromatic carbocycles. The second-order valence-electron chi connectivity index (χ2n) is 9.51. The van der Waals surface area contributed by atoms with Crippen LogP contribution in [0.2, 0.25) is 0 Å². The standard InChI is InChI=1S/C28H35F3N2O5S/c1-5-19(12-13-27(35)38-15-14-33(2)3)24(17-26(32)28(29,30)31)21-8-6-20(7-9-21)22-10-11-23(18-34)25(16-22)39(4,36)37/h6-11,16-17,19,32,34H,5,12-15,18H2,1-4H3. The van der Waals surface area contributed by atoms with E-state index in [0.717, 1.165) is 12.3 Å². The molecule has 1 unspecified atom stereocenters. The van der Waals surface area contributed by atoms with Crippen LogP contribution in [0.3, 0.4) is 0 Å². The van der Waals surface area contributed by atoms with Gasteiger partial charge in [0.25, 0.3) is 0 Å². The molecule has 214 valence electrons. The molecule has 0 bridgehead atoms. The molecule has 0 aliphatic heterocycles. The van der Waals surface area contributed by atoms with E-state index in [9.17, 15) is 31.5 Å². The van der Waals surface area contributed by atoms with E-state index in [4.69, 9.17) is 10.1 Å². The lowest BCUT2D eigenvalue weighted by Gasteiger charge is -2.21. The Morgan fingerprint density at radius 3 is 2.26 bits per heavy atom. The van der Waals surface area contributed by atoms with Gasteiger partial charge in [0.15, 0.2) is 9.84 Å². The van der Waals surface area contributed by atoms with Gasteiger partial charge in [0.1, 0.15) is 12.3 Å². The van der Waals surface area contributed by atoms with E-state index in [1.165, 1.54) is 12.1 Å². The smallest absolute Gasteiger partial charge is 0.432 e. The molecule has 0 saturated heterocycles. The Bertz CT molecular complexity index is 1290. The summed E-state index contributed by atoms with van der Waals surface area (Å²) in [6, 6.07) is 11.2. The number of carbonyl (C=O) groups is 1. The van der Waals surface area contributed by atoms with Crippen LogP contribution in [0, 0.1) is 11.3 Å². The summed E-state index contributed by atoms with van der Waals surface area (Å²) in [5.74, 6) is -0.885. The molecule has 7 nitrogen and oxygen atoms in total. The predicted molar refractivity (Wildman–Crippen MR) is 145 cm³/mol. The molecule has 39 heavy (non-hydrogen) atoms. The van der Waals surface area contributed by atoms with Crippen LogP contribution in [-0.4, -0.2) is 69.8 Å². The van der Waals surface area contributed by atoms with Crippen molar-refractivity contribution in [3.05, 3.63) is 59.7 Å². The van der Waals surface area contributed by atoms with Gasteiger partial charge in [-0.1, -0.05) is 43.3 Å². The van der Waals surface area contributed by atoms with Crippen LogP contribution in [0.1, 0.15) is 37.3 Å². The van der Waals surface area contributed by atoms with Crippen molar-refractivity contribution in [2.45, 2.75) is 43.9 Å². The maximum Gasteiger partial charge on any atom is 0.432 e. The van der Waals surface area contributed by atoms with Crippen LogP contribution in [0.5, 0.6) is 0 Å². The predicted octanol–water partition coefficient (Wildman–Crippen LogP) is 5.13. The van der Waals surface area contributed by atoms with E-state index < -0.39 is 40.2 Å². The monoisotopic (exact) mass is 568 g/mol. The normalized spacial score (nSPS) is 13.4. The highest BCUT2D eigenvalue weighted by Crippen LogP contribution is 2.34. The molecule has 0 aliphatic rings. The number of hydrogen-bond donors (Lipinski definition) is 2. The van der Waals surface area contributed by atoms with E-state index in [1.54, 1.807) is 37.3 Å². The van der Waals surface area contributed by atoms with Gasteiger partial charge in [-0.15, -0.1) is 0 Å². The van der Waals surface area contributed by atoms with Crippen molar-refractivity contribution >= 4 is 27.1 Å². The molecule has 2 N–H and O–H groups in total. The molecule has 11 heteroatoms. The van der Waals surface area contributed by atoms with Crippen LogP contribution in [-0.2, 0) is 26.0 Å². The summed E-state index contributed by atoms with van der Waals surface area (Å²) in [7, 11) is 0.0789. The molecule has 1 atom stereocenters. The Labute approximate surface area is 227 Å². The van der Waals surface area contributed by atoms with Crippen molar-refractivity contribution in [3.63, 3.8) is 0 Å². The number of alkyl halides is 3. The number of allylic oxidation sites excluding steroid dienone is 2. The fraction of sp³-hybridized carbons (Fsp3) is 0.429. The number of nitrogens with zero attached hydrogens (tertiary/aromatic N) is 1. The van der Waals surface area contributed by atoms with Gasteiger partial charge >= 0.3 is 12.1 Å². The van der Waals surface area contributed by atoms with Gasteiger partial charge in [-0.25, -0.2) is 8.42 Å². The van der Waals surface area contributed by atoms with Gasteiger partial charge in [-0.3, -0.25) is 10.2 Å². The number of hydrogen-bond acceptors (Lipinski definition) is 7. The molecule has 0 heterocycles. The highest BCUT2D eigenvalue weighted by atomic mass is 32.2. The number of ether oxygens (including phenoxy) is 1. The molecule has 0 spiro atoms. The Morgan fingerprint density at radius 2 is 1.74 bits per heavy atom. The second-order valence-corrected chi connectivity index (χ2v) is 11.5. The Balaban J connectivity index is 2.39. The van der Waals surface area contributed by atoms with Crippen LogP contribution >= 0.6 is 0 Å².